The summed E-state index contributed by atoms with van der Waals surface area (Å²) in [6.45, 7) is 7.19. The molecule has 0 bridgehead atoms. The van der Waals surface area contributed by atoms with Gasteiger partial charge in [-0.2, -0.15) is 0 Å². The van der Waals surface area contributed by atoms with Crippen molar-refractivity contribution in [3.05, 3.63) is 0 Å². The van der Waals surface area contributed by atoms with Crippen molar-refractivity contribution in [1.29, 1.82) is 0 Å². The zero-order valence-corrected chi connectivity index (χ0v) is 10.3. The second kappa shape index (κ2) is 5.31. The van der Waals surface area contributed by atoms with Gasteiger partial charge in [0.2, 0.25) is 0 Å². The molecule has 2 aliphatic rings. The maximum atomic E-state index is 3.52. The zero-order chi connectivity index (χ0) is 10.7. The molecule has 1 N–H and O–H groups in total. The average Bonchev–Trinajstić information content (AvgIpc) is 2.71. The third kappa shape index (κ3) is 3.18. The lowest BCUT2D eigenvalue weighted by atomic mass is 9.81. The third-order valence-electron chi connectivity index (χ3n) is 3.95. The van der Waals surface area contributed by atoms with E-state index in [1.807, 2.05) is 0 Å². The summed E-state index contributed by atoms with van der Waals surface area (Å²) < 4.78 is 0. The molecule has 0 spiro atoms. The van der Waals surface area contributed by atoms with Crippen molar-refractivity contribution < 1.29 is 0 Å². The van der Waals surface area contributed by atoms with Crippen LogP contribution in [0.1, 0.15) is 52.4 Å². The molecule has 0 amide bonds. The van der Waals surface area contributed by atoms with Crippen molar-refractivity contribution in [1.82, 2.24) is 10.4 Å². The third-order valence-corrected chi connectivity index (χ3v) is 3.95. The first kappa shape index (κ1) is 11.4. The zero-order valence-electron chi connectivity index (χ0n) is 10.3. The van der Waals surface area contributed by atoms with Gasteiger partial charge in [0.15, 0.2) is 0 Å². The highest BCUT2D eigenvalue weighted by Gasteiger charge is 2.27. The number of hydrogen-bond acceptors (Lipinski definition) is 2. The predicted octanol–water partition coefficient (Wildman–Crippen LogP) is 2.80. The summed E-state index contributed by atoms with van der Waals surface area (Å²) in [5.41, 5.74) is 3.52. The average molecular weight is 210 g/mol. The molecule has 0 aromatic heterocycles. The van der Waals surface area contributed by atoms with Crippen molar-refractivity contribution in [2.45, 2.75) is 58.4 Å². The van der Waals surface area contributed by atoms with Crippen molar-refractivity contribution in [3.8, 4) is 0 Å². The second-order valence-corrected chi connectivity index (χ2v) is 5.76. The number of nitrogens with one attached hydrogen (secondary N) is 1. The summed E-state index contributed by atoms with van der Waals surface area (Å²) in [5, 5.41) is 2.51. The molecule has 2 heteroatoms. The lowest BCUT2D eigenvalue weighted by Crippen LogP contribution is -2.42. The van der Waals surface area contributed by atoms with Gasteiger partial charge in [-0.15, -0.1) is 0 Å². The summed E-state index contributed by atoms with van der Waals surface area (Å²) in [4.78, 5) is 0. The SMILES string of the molecule is CC(C)CC1CCC(N2CCCN2)CC1. The predicted molar refractivity (Wildman–Crippen MR) is 64.5 cm³/mol. The fraction of sp³-hybridized carbons (Fsp3) is 1.00. The molecular weight excluding hydrogens is 184 g/mol. The first-order valence-corrected chi connectivity index (χ1v) is 6.76. The summed E-state index contributed by atoms with van der Waals surface area (Å²) in [5.74, 6) is 1.90. The van der Waals surface area contributed by atoms with Gasteiger partial charge in [0.1, 0.15) is 0 Å². The largest absolute Gasteiger partial charge is 0.255 e. The molecule has 0 atom stereocenters. The van der Waals surface area contributed by atoms with Gasteiger partial charge < -0.3 is 0 Å². The standard InChI is InChI=1S/C13H26N2/c1-11(2)10-12-4-6-13(7-5-12)15-9-3-8-14-15/h11-14H,3-10H2,1-2H3. The van der Waals surface area contributed by atoms with Crippen LogP contribution >= 0.6 is 0 Å². The van der Waals surface area contributed by atoms with Gasteiger partial charge in [-0.25, -0.2) is 5.01 Å². The Labute approximate surface area is 94.4 Å². The Kier molecular flexibility index (Phi) is 4.04. The molecule has 0 aromatic carbocycles. The number of hydrazine groups is 1. The van der Waals surface area contributed by atoms with Gasteiger partial charge >= 0.3 is 0 Å². The van der Waals surface area contributed by atoms with E-state index in [4.69, 9.17) is 0 Å². The van der Waals surface area contributed by atoms with E-state index in [1.54, 1.807) is 0 Å². The first-order chi connectivity index (χ1) is 7.25. The van der Waals surface area contributed by atoms with Gasteiger partial charge in [-0.05, 0) is 50.4 Å². The van der Waals surface area contributed by atoms with E-state index in [9.17, 15) is 0 Å². The summed E-state index contributed by atoms with van der Waals surface area (Å²) >= 11 is 0. The molecular formula is C13H26N2. The monoisotopic (exact) mass is 210 g/mol. The van der Waals surface area contributed by atoms with Gasteiger partial charge in [0.25, 0.3) is 0 Å². The molecule has 1 saturated heterocycles. The van der Waals surface area contributed by atoms with E-state index in [0.29, 0.717) is 0 Å². The molecule has 2 nitrogen and oxygen atoms in total. The van der Waals surface area contributed by atoms with Gasteiger partial charge in [0.05, 0.1) is 0 Å². The van der Waals surface area contributed by atoms with Crippen LogP contribution in [-0.2, 0) is 0 Å². The molecule has 1 aliphatic carbocycles. The van der Waals surface area contributed by atoms with Crippen LogP contribution in [0.25, 0.3) is 0 Å². The molecule has 1 saturated carbocycles. The highest BCUT2D eigenvalue weighted by Crippen LogP contribution is 2.31. The summed E-state index contributed by atoms with van der Waals surface area (Å²) in [6.07, 6.45) is 8.54. The Morgan fingerprint density at radius 3 is 2.47 bits per heavy atom. The highest BCUT2D eigenvalue weighted by molar-refractivity contribution is 4.80. The Morgan fingerprint density at radius 1 is 1.20 bits per heavy atom. The van der Waals surface area contributed by atoms with E-state index in [2.05, 4.69) is 24.3 Å². The van der Waals surface area contributed by atoms with Crippen LogP contribution in [0.4, 0.5) is 0 Å². The van der Waals surface area contributed by atoms with Crippen LogP contribution in [-0.4, -0.2) is 24.1 Å². The van der Waals surface area contributed by atoms with Crippen LogP contribution in [0.5, 0.6) is 0 Å². The minimum absolute atomic E-state index is 0.843. The van der Waals surface area contributed by atoms with E-state index in [0.717, 1.165) is 17.9 Å². The lowest BCUT2D eigenvalue weighted by molar-refractivity contribution is 0.114. The molecule has 0 unspecified atom stereocenters. The van der Waals surface area contributed by atoms with E-state index < -0.39 is 0 Å². The minimum atomic E-state index is 0.843. The van der Waals surface area contributed by atoms with Gasteiger partial charge in [0, 0.05) is 19.1 Å². The molecule has 1 aliphatic heterocycles. The smallest absolute Gasteiger partial charge is 0.0243 e. The normalized spacial score (nSPS) is 33.8. The van der Waals surface area contributed by atoms with Crippen LogP contribution in [0.15, 0.2) is 0 Å². The van der Waals surface area contributed by atoms with E-state index >= 15 is 0 Å². The molecule has 2 rings (SSSR count). The van der Waals surface area contributed by atoms with Gasteiger partial charge in [-0.3, -0.25) is 5.43 Å². The minimum Gasteiger partial charge on any atom is -0.255 e. The van der Waals surface area contributed by atoms with Crippen LogP contribution < -0.4 is 5.43 Å². The number of nitrogens with zero attached hydrogens (tertiary/aromatic N) is 1. The van der Waals surface area contributed by atoms with Crippen molar-refractivity contribution in [2.75, 3.05) is 13.1 Å². The highest BCUT2D eigenvalue weighted by atomic mass is 15.5. The second-order valence-electron chi connectivity index (χ2n) is 5.76. The number of hydrogen-bond donors (Lipinski definition) is 1. The maximum absolute atomic E-state index is 3.52. The van der Waals surface area contributed by atoms with Crippen LogP contribution in [0, 0.1) is 11.8 Å². The molecule has 15 heavy (non-hydrogen) atoms. The molecule has 2 fully saturated rings. The Balaban J connectivity index is 1.71. The van der Waals surface area contributed by atoms with Crippen LogP contribution in [0.3, 0.4) is 0 Å². The molecule has 88 valence electrons. The van der Waals surface area contributed by atoms with E-state index in [-0.39, 0.29) is 0 Å². The van der Waals surface area contributed by atoms with Gasteiger partial charge in [-0.1, -0.05) is 13.8 Å². The topological polar surface area (TPSA) is 15.3 Å². The Bertz CT molecular complexity index is 177. The summed E-state index contributed by atoms with van der Waals surface area (Å²) in [7, 11) is 0. The Morgan fingerprint density at radius 2 is 1.93 bits per heavy atom. The Hall–Kier alpha value is -0.0800. The quantitative estimate of drug-likeness (QED) is 0.770. The van der Waals surface area contributed by atoms with Crippen molar-refractivity contribution >= 4 is 0 Å². The number of rotatable bonds is 3. The molecule has 0 radical (unpaired) electrons. The fourth-order valence-corrected chi connectivity index (χ4v) is 3.22. The van der Waals surface area contributed by atoms with Crippen molar-refractivity contribution in [2.24, 2.45) is 11.8 Å². The molecule has 0 aromatic rings. The fourth-order valence-electron chi connectivity index (χ4n) is 3.22. The van der Waals surface area contributed by atoms with Crippen molar-refractivity contribution in [3.63, 3.8) is 0 Å². The first-order valence-electron chi connectivity index (χ1n) is 6.76. The summed E-state index contributed by atoms with van der Waals surface area (Å²) in [6, 6.07) is 0.843. The maximum Gasteiger partial charge on any atom is 0.0243 e. The van der Waals surface area contributed by atoms with Crippen LogP contribution in [0.2, 0.25) is 0 Å². The molecule has 1 heterocycles. The van der Waals surface area contributed by atoms with E-state index in [1.165, 1.54) is 51.6 Å². The lowest BCUT2D eigenvalue weighted by Gasteiger charge is -2.34.